The first-order valence-corrected chi connectivity index (χ1v) is 10.1. The van der Waals surface area contributed by atoms with E-state index in [1.54, 1.807) is 0 Å². The van der Waals surface area contributed by atoms with E-state index in [1.165, 1.54) is 5.57 Å². The zero-order valence-electron chi connectivity index (χ0n) is 16.3. The first kappa shape index (κ1) is 18.2. The summed E-state index contributed by atoms with van der Waals surface area (Å²) in [5.41, 5.74) is 1.60. The number of allylic oxidation sites excluding steroid dienone is 5. The molecule has 0 radical (unpaired) electrons. The second-order valence-electron chi connectivity index (χ2n) is 9.84. The number of hydrogen-bond donors (Lipinski definition) is 2. The SMILES string of the molecule is C=C1C=C[C@@]2(C)C(=C1)CC[C@@H]1[C@@H]2[C@@H](O)C[C@@]2(C)[C@H]1CC[C@]2(C)C(=O)CO. The third-order valence-electron chi connectivity index (χ3n) is 8.95. The van der Waals surface area contributed by atoms with Gasteiger partial charge in [0.25, 0.3) is 0 Å². The number of rotatable bonds is 2. The van der Waals surface area contributed by atoms with Crippen molar-refractivity contribution < 1.29 is 15.0 Å². The zero-order chi connectivity index (χ0) is 18.9. The van der Waals surface area contributed by atoms with Gasteiger partial charge in [-0.05, 0) is 54.9 Å². The molecule has 0 heterocycles. The standard InChI is InChI=1S/C23H32O3/c1-14-7-9-21(2)15(11-14)5-6-16-17-8-10-22(3,19(26)13-24)23(17,4)12-18(25)20(16)21/h7,9,11,16-18,20,24-25H,1,5-6,8,10,12-13H2,2-4H3/t16-,17-,18-,20+,21-,22+,23-/m0/s1. The minimum atomic E-state index is -0.522. The van der Waals surface area contributed by atoms with Crippen LogP contribution in [0.4, 0.5) is 0 Å². The Morgan fingerprint density at radius 3 is 2.73 bits per heavy atom. The lowest BCUT2D eigenvalue weighted by atomic mass is 9.45. The number of hydrogen-bond acceptors (Lipinski definition) is 3. The minimum Gasteiger partial charge on any atom is -0.393 e. The summed E-state index contributed by atoms with van der Waals surface area (Å²) in [6.07, 6.45) is 10.8. The highest BCUT2D eigenvalue weighted by molar-refractivity contribution is 5.86. The molecule has 0 amide bonds. The van der Waals surface area contributed by atoms with Crippen LogP contribution in [0.25, 0.3) is 0 Å². The molecule has 3 heteroatoms. The van der Waals surface area contributed by atoms with Gasteiger partial charge in [0.05, 0.1) is 6.10 Å². The van der Waals surface area contributed by atoms with E-state index in [0.717, 1.165) is 31.3 Å². The molecule has 0 saturated heterocycles. The van der Waals surface area contributed by atoms with Gasteiger partial charge >= 0.3 is 0 Å². The van der Waals surface area contributed by atoms with Crippen molar-refractivity contribution in [3.63, 3.8) is 0 Å². The largest absolute Gasteiger partial charge is 0.393 e. The maximum atomic E-state index is 12.6. The lowest BCUT2D eigenvalue weighted by molar-refractivity contribution is -0.155. The second kappa shape index (κ2) is 5.65. The van der Waals surface area contributed by atoms with Gasteiger partial charge in [0.1, 0.15) is 6.61 Å². The fraction of sp³-hybridized carbons (Fsp3) is 0.696. The monoisotopic (exact) mass is 356 g/mol. The quantitative estimate of drug-likeness (QED) is 0.791. The maximum Gasteiger partial charge on any atom is 0.164 e. The Kier molecular flexibility index (Phi) is 3.95. The summed E-state index contributed by atoms with van der Waals surface area (Å²) in [6.45, 7) is 10.2. The van der Waals surface area contributed by atoms with Gasteiger partial charge in [-0.3, -0.25) is 4.79 Å². The van der Waals surface area contributed by atoms with Gasteiger partial charge in [0, 0.05) is 16.7 Å². The van der Waals surface area contributed by atoms with Gasteiger partial charge in [-0.15, -0.1) is 0 Å². The first-order valence-electron chi connectivity index (χ1n) is 10.1. The summed E-state index contributed by atoms with van der Waals surface area (Å²) in [4.78, 5) is 12.6. The van der Waals surface area contributed by atoms with Crippen LogP contribution in [-0.4, -0.2) is 28.7 Å². The number of aliphatic hydroxyl groups is 2. The fourth-order valence-corrected chi connectivity index (χ4v) is 7.28. The van der Waals surface area contributed by atoms with E-state index < -0.39 is 18.1 Å². The Hall–Kier alpha value is -1.19. The molecule has 0 aromatic rings. The van der Waals surface area contributed by atoms with Gasteiger partial charge in [0.15, 0.2) is 5.78 Å². The molecule has 3 fully saturated rings. The molecule has 4 aliphatic carbocycles. The van der Waals surface area contributed by atoms with Crippen molar-refractivity contribution in [3.05, 3.63) is 36.0 Å². The van der Waals surface area contributed by atoms with Crippen LogP contribution in [0.2, 0.25) is 0 Å². The van der Waals surface area contributed by atoms with E-state index in [1.807, 2.05) is 6.92 Å². The molecule has 2 N–H and O–H groups in total. The van der Waals surface area contributed by atoms with Gasteiger partial charge in [-0.25, -0.2) is 0 Å². The van der Waals surface area contributed by atoms with Gasteiger partial charge in [-0.2, -0.15) is 0 Å². The second-order valence-corrected chi connectivity index (χ2v) is 9.84. The molecule has 4 aliphatic rings. The van der Waals surface area contributed by atoms with E-state index in [9.17, 15) is 15.0 Å². The Morgan fingerprint density at radius 1 is 1.31 bits per heavy atom. The molecule has 0 aliphatic heterocycles. The topological polar surface area (TPSA) is 57.5 Å². The lowest BCUT2D eigenvalue weighted by Crippen LogP contribution is -2.58. The van der Waals surface area contributed by atoms with E-state index in [4.69, 9.17) is 0 Å². The van der Waals surface area contributed by atoms with Crippen molar-refractivity contribution in [2.75, 3.05) is 6.61 Å². The molecule has 3 nitrogen and oxygen atoms in total. The average Bonchev–Trinajstić information content (AvgIpc) is 2.86. The highest BCUT2D eigenvalue weighted by atomic mass is 16.3. The van der Waals surface area contributed by atoms with Crippen molar-refractivity contribution in [3.8, 4) is 0 Å². The highest BCUT2D eigenvalue weighted by Gasteiger charge is 2.66. The number of carbonyl (C=O) groups is 1. The van der Waals surface area contributed by atoms with Crippen LogP contribution in [-0.2, 0) is 4.79 Å². The number of fused-ring (bicyclic) bond motifs is 5. The fourth-order valence-electron chi connectivity index (χ4n) is 7.28. The van der Waals surface area contributed by atoms with E-state index >= 15 is 0 Å². The number of aliphatic hydroxyl groups excluding tert-OH is 2. The normalized spacial score (nSPS) is 49.9. The average molecular weight is 357 g/mol. The van der Waals surface area contributed by atoms with E-state index in [0.29, 0.717) is 18.3 Å². The molecule has 7 atom stereocenters. The summed E-state index contributed by atoms with van der Waals surface area (Å²) in [5.74, 6) is 1.02. The van der Waals surface area contributed by atoms with Crippen molar-refractivity contribution in [2.24, 2.45) is 34.0 Å². The minimum absolute atomic E-state index is 0.0513. The molecule has 3 saturated carbocycles. The molecule has 26 heavy (non-hydrogen) atoms. The molecule has 4 rings (SSSR count). The number of carbonyl (C=O) groups excluding carboxylic acids is 1. The highest BCUT2D eigenvalue weighted by Crippen LogP contribution is 2.69. The third-order valence-corrected chi connectivity index (χ3v) is 8.95. The Bertz CT molecular complexity index is 719. The molecular weight excluding hydrogens is 324 g/mol. The predicted molar refractivity (Wildman–Crippen MR) is 102 cm³/mol. The van der Waals surface area contributed by atoms with Gasteiger partial charge < -0.3 is 10.2 Å². The molecule has 0 aromatic heterocycles. The number of ketones is 1. The van der Waals surface area contributed by atoms with Gasteiger partial charge in [-0.1, -0.05) is 51.2 Å². The van der Waals surface area contributed by atoms with Crippen LogP contribution in [0, 0.1) is 34.0 Å². The Labute approximate surface area is 156 Å². The molecule has 0 spiro atoms. The molecule has 142 valence electrons. The van der Waals surface area contributed by atoms with Gasteiger partial charge in [0.2, 0.25) is 0 Å². The Balaban J connectivity index is 1.75. The number of Topliss-reactive ketones (excluding diaryl/α,β-unsaturated/α-hetero) is 1. The smallest absolute Gasteiger partial charge is 0.164 e. The molecular formula is C23H32O3. The Morgan fingerprint density at radius 2 is 2.04 bits per heavy atom. The summed E-state index contributed by atoms with van der Waals surface area (Å²) in [7, 11) is 0. The van der Waals surface area contributed by atoms with Crippen molar-refractivity contribution >= 4 is 5.78 Å². The summed E-state index contributed by atoms with van der Waals surface area (Å²) in [5, 5.41) is 20.9. The van der Waals surface area contributed by atoms with Crippen LogP contribution in [0.5, 0.6) is 0 Å². The zero-order valence-corrected chi connectivity index (χ0v) is 16.3. The maximum absolute atomic E-state index is 12.6. The van der Waals surface area contributed by atoms with E-state index in [2.05, 4.69) is 38.7 Å². The van der Waals surface area contributed by atoms with E-state index in [-0.39, 0.29) is 22.5 Å². The van der Waals surface area contributed by atoms with Crippen LogP contribution in [0.3, 0.4) is 0 Å². The predicted octanol–water partition coefficient (Wildman–Crippen LogP) is 3.82. The first-order chi connectivity index (χ1) is 12.2. The van der Waals surface area contributed by atoms with Crippen LogP contribution < -0.4 is 0 Å². The van der Waals surface area contributed by atoms with Crippen LogP contribution in [0.15, 0.2) is 36.0 Å². The van der Waals surface area contributed by atoms with Crippen molar-refractivity contribution in [1.29, 1.82) is 0 Å². The molecule has 0 unspecified atom stereocenters. The third kappa shape index (κ3) is 2.10. The lowest BCUT2D eigenvalue weighted by Gasteiger charge is -2.60. The van der Waals surface area contributed by atoms with Crippen LogP contribution >= 0.6 is 0 Å². The molecule has 0 bridgehead atoms. The van der Waals surface area contributed by atoms with Crippen molar-refractivity contribution in [2.45, 2.75) is 59.0 Å². The summed E-state index contributed by atoms with van der Waals surface area (Å²) < 4.78 is 0. The summed E-state index contributed by atoms with van der Waals surface area (Å²) >= 11 is 0. The molecule has 0 aromatic carbocycles. The summed E-state index contributed by atoms with van der Waals surface area (Å²) in [6, 6.07) is 0. The van der Waals surface area contributed by atoms with Crippen molar-refractivity contribution in [1.82, 2.24) is 0 Å². The van der Waals surface area contributed by atoms with Crippen LogP contribution in [0.1, 0.15) is 52.9 Å².